The molecule has 31 heavy (non-hydrogen) atoms. The summed E-state index contributed by atoms with van der Waals surface area (Å²) < 4.78 is 27.5. The molecule has 2 aliphatic rings. The van der Waals surface area contributed by atoms with E-state index < -0.39 is 11.4 Å². The summed E-state index contributed by atoms with van der Waals surface area (Å²) in [6, 6.07) is 17.6. The minimum Gasteiger partial charge on any atom is -0.496 e. The first-order chi connectivity index (χ1) is 15.1. The van der Waals surface area contributed by atoms with Crippen LogP contribution < -0.4 is 9.47 Å². The molecule has 3 heterocycles. The fourth-order valence-electron chi connectivity index (χ4n) is 4.58. The van der Waals surface area contributed by atoms with E-state index in [1.54, 1.807) is 11.0 Å². The number of hydrogen-bond acceptors (Lipinski definition) is 4. The van der Waals surface area contributed by atoms with Gasteiger partial charge in [0.05, 0.1) is 24.1 Å². The van der Waals surface area contributed by atoms with E-state index >= 15 is 0 Å². The second-order valence-corrected chi connectivity index (χ2v) is 7.75. The van der Waals surface area contributed by atoms with E-state index in [4.69, 9.17) is 9.47 Å². The Hall–Kier alpha value is -3.79. The van der Waals surface area contributed by atoms with Crippen molar-refractivity contribution in [2.24, 2.45) is 0 Å². The number of fused-ring (bicyclic) bond motifs is 4. The number of benzene rings is 2. The van der Waals surface area contributed by atoms with E-state index in [0.29, 0.717) is 43.1 Å². The van der Waals surface area contributed by atoms with Gasteiger partial charge in [-0.15, -0.1) is 0 Å². The van der Waals surface area contributed by atoms with E-state index in [1.165, 1.54) is 25.3 Å². The van der Waals surface area contributed by atoms with Crippen LogP contribution in [0.15, 0.2) is 54.6 Å². The maximum Gasteiger partial charge on any atom is 0.257 e. The number of nitrogens with zero attached hydrogens (tertiary/aromatic N) is 3. The molecule has 0 saturated carbocycles. The lowest BCUT2D eigenvalue weighted by Gasteiger charge is -2.45. The van der Waals surface area contributed by atoms with Crippen LogP contribution >= 0.6 is 0 Å². The molecule has 0 unspecified atom stereocenters. The lowest BCUT2D eigenvalue weighted by atomic mass is 9.86. The van der Waals surface area contributed by atoms with Crippen molar-refractivity contribution >= 4 is 5.91 Å². The summed E-state index contributed by atoms with van der Waals surface area (Å²) in [6.07, 6.45) is 1.11. The van der Waals surface area contributed by atoms with Gasteiger partial charge in [-0.2, -0.15) is 5.26 Å². The summed E-state index contributed by atoms with van der Waals surface area (Å²) in [6.45, 7) is 0.876. The van der Waals surface area contributed by atoms with Crippen LogP contribution in [-0.4, -0.2) is 35.6 Å². The summed E-state index contributed by atoms with van der Waals surface area (Å²) in [4.78, 5) is 14.8. The van der Waals surface area contributed by atoms with E-state index in [1.807, 2.05) is 34.9 Å². The molecule has 1 spiro atoms. The van der Waals surface area contributed by atoms with E-state index in [0.717, 1.165) is 11.4 Å². The minimum atomic E-state index is -0.633. The number of aromatic nitrogens is 1. The molecule has 1 aromatic heterocycles. The van der Waals surface area contributed by atoms with Gasteiger partial charge in [-0.1, -0.05) is 12.1 Å². The smallest absolute Gasteiger partial charge is 0.257 e. The van der Waals surface area contributed by atoms with Crippen LogP contribution in [0.1, 0.15) is 34.6 Å². The summed E-state index contributed by atoms with van der Waals surface area (Å²) in [5, 5.41) is 9.60. The third-order valence-electron chi connectivity index (χ3n) is 6.12. The quantitative estimate of drug-likeness (QED) is 0.632. The fourth-order valence-corrected chi connectivity index (χ4v) is 4.58. The normalized spacial score (nSPS) is 16.1. The third-order valence-corrected chi connectivity index (χ3v) is 6.12. The largest absolute Gasteiger partial charge is 0.496 e. The predicted molar refractivity (Wildman–Crippen MR) is 111 cm³/mol. The van der Waals surface area contributed by atoms with Crippen LogP contribution in [0.3, 0.4) is 0 Å². The first kappa shape index (κ1) is 19.2. The number of amides is 1. The molecule has 0 atom stereocenters. The number of carbonyl (C=O) groups is 1. The zero-order chi connectivity index (χ0) is 21.6. The Morgan fingerprint density at radius 3 is 2.68 bits per heavy atom. The Bertz CT molecular complexity index is 1220. The summed E-state index contributed by atoms with van der Waals surface area (Å²) in [5.74, 6) is 0.318. The molecular formula is C24H20FN3O3. The van der Waals surface area contributed by atoms with Crippen LogP contribution in [0.5, 0.6) is 11.5 Å². The molecule has 3 aromatic rings. The van der Waals surface area contributed by atoms with Crippen molar-refractivity contribution in [1.82, 2.24) is 9.47 Å². The maximum atomic E-state index is 13.8. The zero-order valence-electron chi connectivity index (χ0n) is 17.0. The predicted octanol–water partition coefficient (Wildman–Crippen LogP) is 4.02. The highest BCUT2D eigenvalue weighted by Crippen LogP contribution is 2.46. The molecule has 5 rings (SSSR count). The lowest BCUT2D eigenvalue weighted by Crippen LogP contribution is -2.50. The van der Waals surface area contributed by atoms with Gasteiger partial charge in [0.1, 0.15) is 29.1 Å². The standard InChI is InChI=1S/C24H20FN3O3/c1-30-20-8-6-16(25)14-18(20)23(29)27-12-10-24(11-13-27)22-9-7-17(15-26)28(22)19-4-2-3-5-21(19)31-24/h2-9,14H,10-13H2,1H3. The maximum absolute atomic E-state index is 13.8. The Balaban J connectivity index is 1.46. The molecule has 156 valence electrons. The highest BCUT2D eigenvalue weighted by molar-refractivity contribution is 5.97. The molecule has 0 bridgehead atoms. The summed E-state index contributed by atoms with van der Waals surface area (Å²) in [5.41, 5.74) is 1.88. The Morgan fingerprint density at radius 2 is 1.94 bits per heavy atom. The summed E-state index contributed by atoms with van der Waals surface area (Å²) in [7, 11) is 1.46. The molecule has 1 amide bonds. The number of likely N-dealkylation sites (tertiary alicyclic amines) is 1. The van der Waals surface area contributed by atoms with Crippen LogP contribution in [0, 0.1) is 17.1 Å². The number of piperidine rings is 1. The highest BCUT2D eigenvalue weighted by Gasteiger charge is 2.45. The van der Waals surface area contributed by atoms with Gasteiger partial charge in [0, 0.05) is 25.9 Å². The minimum absolute atomic E-state index is 0.212. The molecule has 0 aliphatic carbocycles. The molecule has 1 fully saturated rings. The van der Waals surface area contributed by atoms with Crippen LogP contribution in [-0.2, 0) is 5.60 Å². The second-order valence-electron chi connectivity index (χ2n) is 7.75. The highest BCUT2D eigenvalue weighted by atomic mass is 19.1. The van der Waals surface area contributed by atoms with Crippen molar-refractivity contribution in [2.75, 3.05) is 20.2 Å². The number of rotatable bonds is 2. The van der Waals surface area contributed by atoms with Crippen LogP contribution in [0.2, 0.25) is 0 Å². The van der Waals surface area contributed by atoms with Gasteiger partial charge in [0.15, 0.2) is 5.60 Å². The van der Waals surface area contributed by atoms with Crippen LogP contribution in [0.4, 0.5) is 4.39 Å². The molecule has 2 aliphatic heterocycles. The van der Waals surface area contributed by atoms with Crippen molar-refractivity contribution in [3.05, 3.63) is 77.4 Å². The number of methoxy groups -OCH3 is 1. The monoisotopic (exact) mass is 417 g/mol. The fraction of sp³-hybridized carbons (Fsp3) is 0.250. The van der Waals surface area contributed by atoms with Crippen molar-refractivity contribution in [3.8, 4) is 23.3 Å². The van der Waals surface area contributed by atoms with Crippen molar-refractivity contribution in [3.63, 3.8) is 0 Å². The van der Waals surface area contributed by atoms with E-state index in [9.17, 15) is 14.4 Å². The molecular weight excluding hydrogens is 397 g/mol. The van der Waals surface area contributed by atoms with Gasteiger partial charge in [0.25, 0.3) is 5.91 Å². The number of halogens is 1. The molecule has 2 aromatic carbocycles. The first-order valence-electron chi connectivity index (χ1n) is 10.1. The molecule has 0 radical (unpaired) electrons. The van der Waals surface area contributed by atoms with Crippen molar-refractivity contribution in [1.29, 1.82) is 5.26 Å². The first-order valence-corrected chi connectivity index (χ1v) is 10.1. The summed E-state index contributed by atoms with van der Waals surface area (Å²) >= 11 is 0. The number of carbonyl (C=O) groups excluding carboxylic acids is 1. The molecule has 0 N–H and O–H groups in total. The topological polar surface area (TPSA) is 67.5 Å². The Labute approximate surface area is 179 Å². The average Bonchev–Trinajstić information content (AvgIpc) is 3.25. The number of hydrogen-bond donors (Lipinski definition) is 0. The molecule has 6 nitrogen and oxygen atoms in total. The van der Waals surface area contributed by atoms with E-state index in [2.05, 4.69) is 6.07 Å². The second kappa shape index (κ2) is 7.17. The van der Waals surface area contributed by atoms with Crippen molar-refractivity contribution in [2.45, 2.75) is 18.4 Å². The van der Waals surface area contributed by atoms with Gasteiger partial charge < -0.3 is 14.4 Å². The lowest BCUT2D eigenvalue weighted by molar-refractivity contribution is -0.00944. The zero-order valence-corrected chi connectivity index (χ0v) is 17.0. The van der Waals surface area contributed by atoms with Gasteiger partial charge >= 0.3 is 0 Å². The number of nitriles is 1. The van der Waals surface area contributed by atoms with Gasteiger partial charge in [-0.3, -0.25) is 9.36 Å². The third kappa shape index (κ3) is 2.95. The van der Waals surface area contributed by atoms with Crippen LogP contribution in [0.25, 0.3) is 5.69 Å². The SMILES string of the molecule is COc1ccc(F)cc1C(=O)N1CCC2(CC1)Oc1ccccc1-n1c(C#N)ccc12. The molecule has 1 saturated heterocycles. The van der Waals surface area contributed by atoms with Gasteiger partial charge in [-0.05, 0) is 42.5 Å². The number of para-hydroxylation sites is 2. The van der Waals surface area contributed by atoms with Gasteiger partial charge in [0.2, 0.25) is 0 Å². The van der Waals surface area contributed by atoms with E-state index in [-0.39, 0.29) is 11.5 Å². The average molecular weight is 417 g/mol. The number of ether oxygens (including phenoxy) is 2. The molecule has 7 heteroatoms. The Morgan fingerprint density at radius 1 is 1.16 bits per heavy atom. The Kier molecular flexibility index (Phi) is 4.44. The van der Waals surface area contributed by atoms with Crippen molar-refractivity contribution < 1.29 is 18.7 Å². The van der Waals surface area contributed by atoms with Gasteiger partial charge in [-0.25, -0.2) is 4.39 Å².